The SMILES string of the molecule is C[CH]c1cccc([CH]C)c1. The lowest BCUT2D eigenvalue weighted by molar-refractivity contribution is 1.36. The van der Waals surface area contributed by atoms with Crippen molar-refractivity contribution in [2.24, 2.45) is 0 Å². The summed E-state index contributed by atoms with van der Waals surface area (Å²) in [6.07, 6.45) is 4.21. The van der Waals surface area contributed by atoms with Crippen LogP contribution in [0.15, 0.2) is 24.3 Å². The first-order chi connectivity index (χ1) is 4.86. The van der Waals surface area contributed by atoms with Crippen molar-refractivity contribution in [2.75, 3.05) is 0 Å². The van der Waals surface area contributed by atoms with Gasteiger partial charge in [0.05, 0.1) is 0 Å². The van der Waals surface area contributed by atoms with Crippen molar-refractivity contribution in [3.05, 3.63) is 48.2 Å². The van der Waals surface area contributed by atoms with Gasteiger partial charge in [-0.2, -0.15) is 0 Å². The molecule has 1 aromatic carbocycles. The van der Waals surface area contributed by atoms with Gasteiger partial charge in [-0.05, 0) is 24.0 Å². The van der Waals surface area contributed by atoms with Crippen LogP contribution in [0.5, 0.6) is 0 Å². The molecule has 1 aromatic rings. The fourth-order valence-corrected chi connectivity index (χ4v) is 0.918. The van der Waals surface area contributed by atoms with Gasteiger partial charge in [0.25, 0.3) is 0 Å². The van der Waals surface area contributed by atoms with E-state index >= 15 is 0 Å². The summed E-state index contributed by atoms with van der Waals surface area (Å²) < 4.78 is 0. The molecule has 0 aliphatic heterocycles. The minimum absolute atomic E-state index is 1.29. The molecule has 0 aromatic heterocycles. The molecule has 2 radical (unpaired) electrons. The van der Waals surface area contributed by atoms with E-state index in [1.54, 1.807) is 0 Å². The van der Waals surface area contributed by atoms with Crippen LogP contribution in [0.25, 0.3) is 0 Å². The molecule has 1 rings (SSSR count). The van der Waals surface area contributed by atoms with Gasteiger partial charge in [-0.15, -0.1) is 0 Å². The van der Waals surface area contributed by atoms with E-state index in [2.05, 4.69) is 51.0 Å². The number of benzene rings is 1. The second-order valence-electron chi connectivity index (χ2n) is 2.25. The fourth-order valence-electron chi connectivity index (χ4n) is 0.918. The molecule has 0 heterocycles. The maximum absolute atomic E-state index is 2.17. The van der Waals surface area contributed by atoms with E-state index < -0.39 is 0 Å². The van der Waals surface area contributed by atoms with Crippen LogP contribution in [-0.4, -0.2) is 0 Å². The van der Waals surface area contributed by atoms with Crippen molar-refractivity contribution in [3.63, 3.8) is 0 Å². The average molecular weight is 132 g/mol. The van der Waals surface area contributed by atoms with Crippen LogP contribution >= 0.6 is 0 Å². The van der Waals surface area contributed by atoms with Gasteiger partial charge in [-0.25, -0.2) is 0 Å². The second-order valence-corrected chi connectivity index (χ2v) is 2.25. The molecule has 52 valence electrons. The van der Waals surface area contributed by atoms with Crippen LogP contribution in [0.1, 0.15) is 25.0 Å². The molecule has 0 atom stereocenters. The van der Waals surface area contributed by atoms with Gasteiger partial charge >= 0.3 is 0 Å². The summed E-state index contributed by atoms with van der Waals surface area (Å²) in [4.78, 5) is 0. The van der Waals surface area contributed by atoms with Crippen LogP contribution in [0.3, 0.4) is 0 Å². The highest BCUT2D eigenvalue weighted by Gasteiger charge is 1.90. The van der Waals surface area contributed by atoms with Crippen LogP contribution in [0, 0.1) is 12.8 Å². The van der Waals surface area contributed by atoms with E-state index in [1.165, 1.54) is 11.1 Å². The molecule has 0 aliphatic rings. The van der Waals surface area contributed by atoms with E-state index in [0.717, 1.165) is 0 Å². The summed E-state index contributed by atoms with van der Waals surface area (Å²) in [5.41, 5.74) is 2.58. The number of hydrogen-bond donors (Lipinski definition) is 0. The Morgan fingerprint density at radius 3 is 1.90 bits per heavy atom. The highest BCUT2D eigenvalue weighted by molar-refractivity contribution is 5.31. The Balaban J connectivity index is 2.87. The van der Waals surface area contributed by atoms with Crippen molar-refractivity contribution in [1.82, 2.24) is 0 Å². The van der Waals surface area contributed by atoms with Gasteiger partial charge in [0.2, 0.25) is 0 Å². The third-order valence-corrected chi connectivity index (χ3v) is 1.58. The summed E-state index contributed by atoms with van der Waals surface area (Å²) in [7, 11) is 0. The second kappa shape index (κ2) is 3.40. The first kappa shape index (κ1) is 7.33. The monoisotopic (exact) mass is 132 g/mol. The fraction of sp³-hybridized carbons (Fsp3) is 0.200. The number of rotatable bonds is 2. The van der Waals surface area contributed by atoms with Crippen LogP contribution in [0.4, 0.5) is 0 Å². The Morgan fingerprint density at radius 2 is 1.50 bits per heavy atom. The third-order valence-electron chi connectivity index (χ3n) is 1.58. The smallest absolute Gasteiger partial charge is 0.0124 e. The summed E-state index contributed by atoms with van der Waals surface area (Å²) in [5, 5.41) is 0. The maximum atomic E-state index is 2.17. The third kappa shape index (κ3) is 1.60. The predicted octanol–water partition coefficient (Wildman–Crippen LogP) is 2.83. The molecule has 0 fully saturated rings. The lowest BCUT2D eigenvalue weighted by atomic mass is 10.1. The van der Waals surface area contributed by atoms with Crippen molar-refractivity contribution in [3.8, 4) is 0 Å². The first-order valence-electron chi connectivity index (χ1n) is 3.55. The standard InChI is InChI=1S/C10H12/c1-3-9-6-5-7-10(4-2)8-9/h3-8H,1-2H3. The predicted molar refractivity (Wildman–Crippen MR) is 44.6 cm³/mol. The van der Waals surface area contributed by atoms with Gasteiger partial charge in [-0.1, -0.05) is 38.1 Å². The molecule has 10 heavy (non-hydrogen) atoms. The van der Waals surface area contributed by atoms with Crippen LogP contribution in [0.2, 0.25) is 0 Å². The zero-order valence-corrected chi connectivity index (χ0v) is 6.46. The van der Waals surface area contributed by atoms with Crippen LogP contribution < -0.4 is 0 Å². The van der Waals surface area contributed by atoms with E-state index in [9.17, 15) is 0 Å². The highest BCUT2D eigenvalue weighted by atomic mass is 13.9. The average Bonchev–Trinajstić information content (AvgIpc) is 2.05. The van der Waals surface area contributed by atoms with Crippen LogP contribution in [-0.2, 0) is 0 Å². The van der Waals surface area contributed by atoms with Crippen molar-refractivity contribution < 1.29 is 0 Å². The molecular weight excluding hydrogens is 120 g/mol. The van der Waals surface area contributed by atoms with E-state index in [-0.39, 0.29) is 0 Å². The topological polar surface area (TPSA) is 0 Å². The number of hydrogen-bond acceptors (Lipinski definition) is 0. The van der Waals surface area contributed by atoms with Gasteiger partial charge < -0.3 is 0 Å². The first-order valence-corrected chi connectivity index (χ1v) is 3.55. The van der Waals surface area contributed by atoms with E-state index in [1.807, 2.05) is 0 Å². The molecule has 0 amide bonds. The zero-order chi connectivity index (χ0) is 7.40. The molecular formula is C10H12. The van der Waals surface area contributed by atoms with Crippen molar-refractivity contribution >= 4 is 0 Å². The molecule has 0 unspecified atom stereocenters. The molecule has 0 heteroatoms. The van der Waals surface area contributed by atoms with Gasteiger partial charge in [0.1, 0.15) is 0 Å². The Labute approximate surface area is 62.9 Å². The Morgan fingerprint density at radius 1 is 1.00 bits per heavy atom. The minimum atomic E-state index is 1.29. The summed E-state index contributed by atoms with van der Waals surface area (Å²) in [5.74, 6) is 0. The summed E-state index contributed by atoms with van der Waals surface area (Å²) in [6.45, 7) is 4.10. The minimum Gasteiger partial charge on any atom is -0.0617 e. The summed E-state index contributed by atoms with van der Waals surface area (Å²) >= 11 is 0. The van der Waals surface area contributed by atoms with Gasteiger partial charge in [-0.3, -0.25) is 0 Å². The molecule has 0 saturated heterocycles. The van der Waals surface area contributed by atoms with Crippen molar-refractivity contribution in [2.45, 2.75) is 13.8 Å². The van der Waals surface area contributed by atoms with E-state index in [4.69, 9.17) is 0 Å². The molecule has 0 spiro atoms. The largest absolute Gasteiger partial charge is 0.0617 e. The van der Waals surface area contributed by atoms with Gasteiger partial charge in [0.15, 0.2) is 0 Å². The summed E-state index contributed by atoms with van der Waals surface area (Å²) in [6, 6.07) is 8.45. The highest BCUT2D eigenvalue weighted by Crippen LogP contribution is 2.07. The lowest BCUT2D eigenvalue weighted by Crippen LogP contribution is -1.80. The Hall–Kier alpha value is -0.780. The molecule has 0 saturated carbocycles. The normalized spacial score (nSPS) is 9.80. The van der Waals surface area contributed by atoms with Gasteiger partial charge in [0, 0.05) is 0 Å². The van der Waals surface area contributed by atoms with Crippen molar-refractivity contribution in [1.29, 1.82) is 0 Å². The van der Waals surface area contributed by atoms with E-state index in [0.29, 0.717) is 0 Å². The molecule has 0 N–H and O–H groups in total. The zero-order valence-electron chi connectivity index (χ0n) is 6.46. The Kier molecular flexibility index (Phi) is 2.49. The molecule has 0 nitrogen and oxygen atoms in total. The molecule has 0 aliphatic carbocycles. The lowest BCUT2D eigenvalue weighted by Gasteiger charge is -1.98. The Bertz CT molecular complexity index is 182. The maximum Gasteiger partial charge on any atom is -0.0124 e. The molecule has 0 bridgehead atoms. The quantitative estimate of drug-likeness (QED) is 0.580.